The lowest BCUT2D eigenvalue weighted by Crippen LogP contribution is -2.24. The van der Waals surface area contributed by atoms with Crippen LogP contribution < -0.4 is 15.4 Å². The van der Waals surface area contributed by atoms with E-state index in [9.17, 15) is 18.0 Å². The minimum Gasteiger partial charge on any atom is -0.348 e. The quantitative estimate of drug-likeness (QED) is 0.526. The molecule has 0 spiro atoms. The molecule has 31 heavy (non-hydrogen) atoms. The van der Waals surface area contributed by atoms with Crippen LogP contribution in [-0.4, -0.2) is 26.5 Å². The number of nitrogens with one attached hydrogen (secondary N) is 3. The summed E-state index contributed by atoms with van der Waals surface area (Å²) in [7, 11) is -3.44. The number of anilines is 2. The van der Waals surface area contributed by atoms with Gasteiger partial charge in [0.05, 0.1) is 11.9 Å². The molecule has 0 aliphatic rings. The lowest BCUT2D eigenvalue weighted by molar-refractivity contribution is 0.0949. The van der Waals surface area contributed by atoms with Crippen LogP contribution in [0.3, 0.4) is 0 Å². The Morgan fingerprint density at radius 2 is 1.48 bits per heavy atom. The molecule has 0 saturated carbocycles. The molecule has 7 nitrogen and oxygen atoms in total. The molecule has 0 bridgehead atoms. The summed E-state index contributed by atoms with van der Waals surface area (Å²) < 4.78 is 25.5. The van der Waals surface area contributed by atoms with Crippen LogP contribution in [0.5, 0.6) is 0 Å². The van der Waals surface area contributed by atoms with Crippen molar-refractivity contribution in [3.63, 3.8) is 0 Å². The number of hydrogen-bond donors (Lipinski definition) is 3. The Morgan fingerprint density at radius 3 is 2.19 bits per heavy atom. The van der Waals surface area contributed by atoms with Crippen LogP contribution in [-0.2, 0) is 16.6 Å². The van der Waals surface area contributed by atoms with Crippen molar-refractivity contribution in [2.75, 3.05) is 16.3 Å². The van der Waals surface area contributed by atoms with Gasteiger partial charge in [-0.05, 0) is 48.4 Å². The standard InChI is InChI=1S/C23H23N3O4S/c1-16-12-13-18(14-21(16)25-23(28)17-8-4-3-5-9-17)22(27)24-15-19-10-6-7-11-20(19)26-31(2,29)30/h3-14,26H,15H2,1-2H3,(H,24,27)(H,25,28). The van der Waals surface area contributed by atoms with Crippen molar-refractivity contribution in [3.8, 4) is 0 Å². The van der Waals surface area contributed by atoms with Crippen LogP contribution in [0.15, 0.2) is 72.8 Å². The van der Waals surface area contributed by atoms with E-state index in [1.54, 1.807) is 66.7 Å². The van der Waals surface area contributed by atoms with E-state index in [0.29, 0.717) is 28.1 Å². The Balaban J connectivity index is 1.72. The van der Waals surface area contributed by atoms with Crippen molar-refractivity contribution in [1.82, 2.24) is 5.32 Å². The molecular formula is C23H23N3O4S. The van der Waals surface area contributed by atoms with Crippen molar-refractivity contribution in [2.45, 2.75) is 13.5 Å². The van der Waals surface area contributed by atoms with E-state index in [2.05, 4.69) is 15.4 Å². The SMILES string of the molecule is Cc1ccc(C(=O)NCc2ccccc2NS(C)(=O)=O)cc1NC(=O)c1ccccc1. The molecule has 2 amide bonds. The molecular weight excluding hydrogens is 414 g/mol. The van der Waals surface area contributed by atoms with Gasteiger partial charge in [0.1, 0.15) is 0 Å². The van der Waals surface area contributed by atoms with Gasteiger partial charge in [0.15, 0.2) is 0 Å². The molecule has 0 saturated heterocycles. The third-order valence-corrected chi connectivity index (χ3v) is 5.13. The Labute approximate surface area is 181 Å². The van der Waals surface area contributed by atoms with Gasteiger partial charge in [-0.25, -0.2) is 8.42 Å². The number of sulfonamides is 1. The molecule has 0 fully saturated rings. The molecule has 0 heterocycles. The van der Waals surface area contributed by atoms with Crippen molar-refractivity contribution in [1.29, 1.82) is 0 Å². The average Bonchev–Trinajstić information content (AvgIpc) is 2.74. The van der Waals surface area contributed by atoms with Gasteiger partial charge >= 0.3 is 0 Å². The average molecular weight is 438 g/mol. The van der Waals surface area contributed by atoms with E-state index < -0.39 is 10.0 Å². The number of amides is 2. The molecule has 160 valence electrons. The highest BCUT2D eigenvalue weighted by molar-refractivity contribution is 7.92. The molecule has 8 heteroatoms. The fourth-order valence-electron chi connectivity index (χ4n) is 2.93. The summed E-state index contributed by atoms with van der Waals surface area (Å²) in [4.78, 5) is 25.1. The Bertz CT molecular complexity index is 1210. The zero-order valence-corrected chi connectivity index (χ0v) is 18.0. The first-order valence-corrected chi connectivity index (χ1v) is 11.4. The third kappa shape index (κ3) is 6.16. The van der Waals surface area contributed by atoms with E-state index in [0.717, 1.165) is 11.8 Å². The van der Waals surface area contributed by atoms with Crippen molar-refractivity contribution >= 4 is 33.2 Å². The van der Waals surface area contributed by atoms with Crippen molar-refractivity contribution in [2.24, 2.45) is 0 Å². The maximum atomic E-state index is 12.7. The zero-order chi connectivity index (χ0) is 22.4. The summed E-state index contributed by atoms with van der Waals surface area (Å²) in [5, 5.41) is 5.62. The molecule has 0 atom stereocenters. The monoisotopic (exact) mass is 437 g/mol. The number of carbonyl (C=O) groups is 2. The second-order valence-corrected chi connectivity index (χ2v) is 8.81. The van der Waals surface area contributed by atoms with Gasteiger partial charge in [0, 0.05) is 23.4 Å². The molecule has 0 unspecified atom stereocenters. The molecule has 3 aromatic carbocycles. The molecule has 0 radical (unpaired) electrons. The molecule has 0 aliphatic carbocycles. The van der Waals surface area contributed by atoms with E-state index in [1.165, 1.54) is 0 Å². The molecule has 3 N–H and O–H groups in total. The normalized spacial score (nSPS) is 10.9. The first-order valence-electron chi connectivity index (χ1n) is 9.54. The van der Waals surface area contributed by atoms with E-state index >= 15 is 0 Å². The number of carbonyl (C=O) groups excluding carboxylic acids is 2. The van der Waals surface area contributed by atoms with Crippen molar-refractivity contribution < 1.29 is 18.0 Å². The zero-order valence-electron chi connectivity index (χ0n) is 17.2. The first-order chi connectivity index (χ1) is 14.7. The van der Waals surface area contributed by atoms with Gasteiger partial charge in [-0.15, -0.1) is 0 Å². The fourth-order valence-corrected chi connectivity index (χ4v) is 3.53. The topological polar surface area (TPSA) is 104 Å². The third-order valence-electron chi connectivity index (χ3n) is 4.54. The number of para-hydroxylation sites is 1. The van der Waals surface area contributed by atoms with E-state index in [-0.39, 0.29) is 18.4 Å². The Morgan fingerprint density at radius 1 is 0.806 bits per heavy atom. The van der Waals surface area contributed by atoms with Crippen LogP contribution in [0.25, 0.3) is 0 Å². The van der Waals surface area contributed by atoms with Crippen LogP contribution in [0.1, 0.15) is 31.8 Å². The lowest BCUT2D eigenvalue weighted by atomic mass is 10.1. The van der Waals surface area contributed by atoms with Gasteiger partial charge in [-0.1, -0.05) is 42.5 Å². The minimum absolute atomic E-state index is 0.136. The van der Waals surface area contributed by atoms with Gasteiger partial charge in [0.25, 0.3) is 11.8 Å². The predicted molar refractivity (Wildman–Crippen MR) is 122 cm³/mol. The van der Waals surface area contributed by atoms with Gasteiger partial charge in [-0.2, -0.15) is 0 Å². The smallest absolute Gasteiger partial charge is 0.255 e. The second-order valence-electron chi connectivity index (χ2n) is 7.06. The maximum Gasteiger partial charge on any atom is 0.255 e. The molecule has 3 aromatic rings. The fraction of sp³-hybridized carbons (Fsp3) is 0.130. The Kier molecular flexibility index (Phi) is 6.71. The minimum atomic E-state index is -3.44. The molecule has 3 rings (SSSR count). The largest absolute Gasteiger partial charge is 0.348 e. The van der Waals surface area contributed by atoms with Crippen LogP contribution >= 0.6 is 0 Å². The molecule has 0 aromatic heterocycles. The van der Waals surface area contributed by atoms with Crippen LogP contribution in [0, 0.1) is 6.92 Å². The second kappa shape index (κ2) is 9.44. The summed E-state index contributed by atoms with van der Waals surface area (Å²) in [6, 6.07) is 20.7. The van der Waals surface area contributed by atoms with E-state index in [4.69, 9.17) is 0 Å². The predicted octanol–water partition coefficient (Wildman–Crippen LogP) is 3.55. The highest BCUT2D eigenvalue weighted by atomic mass is 32.2. The summed E-state index contributed by atoms with van der Waals surface area (Å²) in [5.41, 5.74) is 3.30. The summed E-state index contributed by atoms with van der Waals surface area (Å²) in [6.07, 6.45) is 1.07. The van der Waals surface area contributed by atoms with Crippen LogP contribution in [0.4, 0.5) is 11.4 Å². The van der Waals surface area contributed by atoms with Crippen LogP contribution in [0.2, 0.25) is 0 Å². The number of rotatable bonds is 7. The number of aryl methyl sites for hydroxylation is 1. The molecule has 0 aliphatic heterocycles. The maximum absolute atomic E-state index is 12.7. The van der Waals surface area contributed by atoms with E-state index in [1.807, 2.05) is 13.0 Å². The van der Waals surface area contributed by atoms with Crippen molar-refractivity contribution in [3.05, 3.63) is 95.1 Å². The summed E-state index contributed by atoms with van der Waals surface area (Å²) in [6.45, 7) is 1.98. The number of hydrogen-bond acceptors (Lipinski definition) is 4. The van der Waals surface area contributed by atoms with Gasteiger partial charge in [0.2, 0.25) is 10.0 Å². The first kappa shape index (κ1) is 22.0. The summed E-state index contributed by atoms with van der Waals surface area (Å²) in [5.74, 6) is -0.605. The lowest BCUT2D eigenvalue weighted by Gasteiger charge is -2.13. The highest BCUT2D eigenvalue weighted by Crippen LogP contribution is 2.19. The van der Waals surface area contributed by atoms with Gasteiger partial charge < -0.3 is 10.6 Å². The number of benzene rings is 3. The highest BCUT2D eigenvalue weighted by Gasteiger charge is 2.13. The van der Waals surface area contributed by atoms with Gasteiger partial charge in [-0.3, -0.25) is 14.3 Å². The summed E-state index contributed by atoms with van der Waals surface area (Å²) >= 11 is 0. The Hall–Kier alpha value is -3.65.